The number of thiazole rings is 1. The molecule has 0 radical (unpaired) electrons. The summed E-state index contributed by atoms with van der Waals surface area (Å²) in [4.78, 5) is 7.75. The number of hydrogen-bond donors (Lipinski definition) is 0. The summed E-state index contributed by atoms with van der Waals surface area (Å²) in [7, 11) is 0. The highest BCUT2D eigenvalue weighted by molar-refractivity contribution is 7.15. The Kier molecular flexibility index (Phi) is 2.58. The van der Waals surface area contributed by atoms with Crippen molar-refractivity contribution in [1.82, 2.24) is 9.88 Å². The van der Waals surface area contributed by atoms with E-state index in [1.165, 1.54) is 11.4 Å². The summed E-state index contributed by atoms with van der Waals surface area (Å²) in [6.07, 6.45) is 1.88. The molecule has 4 heteroatoms. The van der Waals surface area contributed by atoms with Crippen LogP contribution in [-0.2, 0) is 6.54 Å². The van der Waals surface area contributed by atoms with Gasteiger partial charge in [0.25, 0.3) is 0 Å². The fraction of sp³-hybridized carbons (Fsp3) is 0.667. The van der Waals surface area contributed by atoms with Crippen LogP contribution in [0.4, 0.5) is 0 Å². The van der Waals surface area contributed by atoms with Crippen molar-refractivity contribution in [1.29, 1.82) is 0 Å². The van der Waals surface area contributed by atoms with Crippen LogP contribution in [0.3, 0.4) is 0 Å². The van der Waals surface area contributed by atoms with E-state index in [2.05, 4.69) is 23.7 Å². The van der Waals surface area contributed by atoms with Crippen molar-refractivity contribution in [2.75, 3.05) is 6.54 Å². The number of rotatable bonds is 2. The maximum Gasteiger partial charge on any atom is 0.183 e. The molecule has 0 N–H and O–H groups in total. The Morgan fingerprint density at radius 3 is 2.92 bits per heavy atom. The lowest BCUT2D eigenvalue weighted by Crippen LogP contribution is -2.52. The van der Waals surface area contributed by atoms with Crippen molar-refractivity contribution < 1.29 is 0 Å². The van der Waals surface area contributed by atoms with Crippen LogP contribution in [-0.4, -0.2) is 22.5 Å². The molecule has 1 fully saturated rings. The summed E-state index contributed by atoms with van der Waals surface area (Å²) < 4.78 is 0.649. The van der Waals surface area contributed by atoms with Gasteiger partial charge in [0.2, 0.25) is 0 Å². The Hall–Kier alpha value is -0.120. The van der Waals surface area contributed by atoms with E-state index in [9.17, 15) is 0 Å². The highest BCUT2D eigenvalue weighted by Gasteiger charge is 2.31. The minimum absolute atomic E-state index is 0.649. The van der Waals surface area contributed by atoms with Gasteiger partial charge in [0.05, 0.1) is 0 Å². The molecule has 0 amide bonds. The van der Waals surface area contributed by atoms with Crippen molar-refractivity contribution in [3.05, 3.63) is 15.5 Å². The van der Waals surface area contributed by atoms with Crippen molar-refractivity contribution in [3.63, 3.8) is 0 Å². The molecule has 0 aliphatic carbocycles. The molecule has 0 spiro atoms. The zero-order valence-corrected chi connectivity index (χ0v) is 9.40. The molecule has 1 aliphatic heterocycles. The lowest BCUT2D eigenvalue weighted by molar-refractivity contribution is 0.0315. The summed E-state index contributed by atoms with van der Waals surface area (Å²) in [6, 6.07) is 0.709. The fourth-order valence-corrected chi connectivity index (χ4v) is 2.68. The molecular weight excluding hydrogens is 204 g/mol. The number of halogens is 1. The Balaban J connectivity index is 1.93. The van der Waals surface area contributed by atoms with Crippen molar-refractivity contribution >= 4 is 22.9 Å². The highest BCUT2D eigenvalue weighted by atomic mass is 35.5. The quantitative estimate of drug-likeness (QED) is 0.756. The van der Waals surface area contributed by atoms with Crippen LogP contribution in [0.1, 0.15) is 18.7 Å². The van der Waals surface area contributed by atoms with E-state index in [1.807, 2.05) is 6.20 Å². The third-order valence-electron chi connectivity index (χ3n) is 2.81. The third kappa shape index (κ3) is 1.87. The van der Waals surface area contributed by atoms with E-state index < -0.39 is 0 Å². The highest BCUT2D eigenvalue weighted by Crippen LogP contribution is 2.28. The normalized spacial score (nSPS) is 28.8. The van der Waals surface area contributed by atoms with Crippen LogP contribution in [0.15, 0.2) is 6.20 Å². The second kappa shape index (κ2) is 3.56. The van der Waals surface area contributed by atoms with Crippen LogP contribution < -0.4 is 0 Å². The van der Waals surface area contributed by atoms with Gasteiger partial charge in [-0.05, 0) is 12.8 Å². The molecule has 0 saturated carbocycles. The van der Waals surface area contributed by atoms with Crippen LogP contribution in [0, 0.1) is 5.92 Å². The van der Waals surface area contributed by atoms with Crippen molar-refractivity contribution in [2.24, 2.45) is 5.92 Å². The second-order valence-electron chi connectivity index (χ2n) is 3.73. The van der Waals surface area contributed by atoms with Gasteiger partial charge >= 0.3 is 0 Å². The van der Waals surface area contributed by atoms with E-state index in [-0.39, 0.29) is 0 Å². The number of nitrogens with zero attached hydrogens (tertiary/aromatic N) is 2. The molecule has 2 heterocycles. The molecule has 2 atom stereocenters. The molecule has 2 rings (SSSR count). The average Bonchev–Trinajstić information content (AvgIpc) is 2.50. The smallest absolute Gasteiger partial charge is 0.183 e. The topological polar surface area (TPSA) is 16.1 Å². The van der Waals surface area contributed by atoms with Gasteiger partial charge in [-0.25, -0.2) is 4.98 Å². The van der Waals surface area contributed by atoms with E-state index >= 15 is 0 Å². The van der Waals surface area contributed by atoms with Gasteiger partial charge in [-0.3, -0.25) is 4.90 Å². The molecule has 1 aliphatic rings. The van der Waals surface area contributed by atoms with E-state index in [1.54, 1.807) is 11.3 Å². The van der Waals surface area contributed by atoms with Gasteiger partial charge in [0.15, 0.2) is 4.47 Å². The molecular formula is C9H13ClN2S. The van der Waals surface area contributed by atoms with Crippen LogP contribution in [0.25, 0.3) is 0 Å². The number of hydrogen-bond acceptors (Lipinski definition) is 3. The van der Waals surface area contributed by atoms with Crippen molar-refractivity contribution in [2.45, 2.75) is 26.4 Å². The van der Waals surface area contributed by atoms with Gasteiger partial charge < -0.3 is 0 Å². The summed E-state index contributed by atoms with van der Waals surface area (Å²) in [5.41, 5.74) is 0. The third-order valence-corrected chi connectivity index (χ3v) is 3.91. The molecule has 0 aromatic carbocycles. The van der Waals surface area contributed by atoms with Gasteiger partial charge in [-0.1, -0.05) is 18.5 Å². The maximum absolute atomic E-state index is 5.76. The Morgan fingerprint density at radius 1 is 1.69 bits per heavy atom. The number of aromatic nitrogens is 1. The molecule has 13 heavy (non-hydrogen) atoms. The standard InChI is InChI=1S/C9H13ClN2S/c1-6-4-12(7(6)2)5-8-3-11-9(10)13-8/h3,6-7H,4-5H2,1-2H3. The first-order valence-electron chi connectivity index (χ1n) is 4.51. The molecule has 2 nitrogen and oxygen atoms in total. The summed E-state index contributed by atoms with van der Waals surface area (Å²) in [5.74, 6) is 0.836. The Bertz CT molecular complexity index is 300. The summed E-state index contributed by atoms with van der Waals surface area (Å²) >= 11 is 7.34. The van der Waals surface area contributed by atoms with E-state index in [4.69, 9.17) is 11.6 Å². The predicted molar refractivity (Wildman–Crippen MR) is 56.2 cm³/mol. The zero-order valence-electron chi connectivity index (χ0n) is 7.83. The van der Waals surface area contributed by atoms with Crippen LogP contribution >= 0.6 is 22.9 Å². The largest absolute Gasteiger partial charge is 0.295 e. The van der Waals surface area contributed by atoms with Gasteiger partial charge in [-0.15, -0.1) is 11.3 Å². The molecule has 1 aromatic heterocycles. The molecule has 1 aromatic rings. The Morgan fingerprint density at radius 2 is 2.46 bits per heavy atom. The first-order chi connectivity index (χ1) is 6.16. The number of likely N-dealkylation sites (tertiary alicyclic amines) is 1. The molecule has 0 bridgehead atoms. The minimum Gasteiger partial charge on any atom is -0.295 e. The van der Waals surface area contributed by atoms with Crippen LogP contribution in [0.2, 0.25) is 4.47 Å². The average molecular weight is 217 g/mol. The molecule has 2 unspecified atom stereocenters. The minimum atomic E-state index is 0.649. The van der Waals surface area contributed by atoms with Crippen LogP contribution in [0.5, 0.6) is 0 Å². The SMILES string of the molecule is CC1CN(Cc2cnc(Cl)s2)C1C. The zero-order chi connectivity index (χ0) is 9.42. The van der Waals surface area contributed by atoms with Crippen molar-refractivity contribution in [3.8, 4) is 0 Å². The monoisotopic (exact) mass is 216 g/mol. The fourth-order valence-electron chi connectivity index (χ4n) is 1.68. The van der Waals surface area contributed by atoms with Gasteiger partial charge in [-0.2, -0.15) is 0 Å². The first-order valence-corrected chi connectivity index (χ1v) is 5.70. The first kappa shape index (κ1) is 9.44. The summed E-state index contributed by atoms with van der Waals surface area (Å²) in [6.45, 7) is 6.78. The van der Waals surface area contributed by atoms with E-state index in [0.717, 1.165) is 12.5 Å². The van der Waals surface area contributed by atoms with Gasteiger partial charge in [0, 0.05) is 30.2 Å². The Labute approximate surface area is 87.5 Å². The molecule has 1 saturated heterocycles. The van der Waals surface area contributed by atoms with Gasteiger partial charge in [0.1, 0.15) is 0 Å². The maximum atomic E-state index is 5.76. The second-order valence-corrected chi connectivity index (χ2v) is 5.42. The predicted octanol–water partition coefficient (Wildman–Crippen LogP) is 2.64. The summed E-state index contributed by atoms with van der Waals surface area (Å²) in [5, 5.41) is 0. The van der Waals surface area contributed by atoms with E-state index in [0.29, 0.717) is 10.5 Å². The lowest BCUT2D eigenvalue weighted by atomic mass is 9.92. The lowest BCUT2D eigenvalue weighted by Gasteiger charge is -2.44. The molecule has 72 valence electrons.